The van der Waals surface area contributed by atoms with Gasteiger partial charge in [-0.1, -0.05) is 19.8 Å². The van der Waals surface area contributed by atoms with Crippen LogP contribution in [0.2, 0.25) is 0 Å². The minimum Gasteiger partial charge on any atom is -0.341 e. The second-order valence-corrected chi connectivity index (χ2v) is 7.21. The SMILES string of the molecule is CCCCN(CC1CCCN1)C(=O)C1CC2CCC1C2. The van der Waals surface area contributed by atoms with Crippen LogP contribution in [0.25, 0.3) is 0 Å². The lowest BCUT2D eigenvalue weighted by atomic mass is 9.87. The molecule has 3 nitrogen and oxygen atoms in total. The van der Waals surface area contributed by atoms with E-state index in [1.54, 1.807) is 0 Å². The number of carbonyl (C=O) groups is 1. The third-order valence-corrected chi connectivity index (χ3v) is 5.75. The highest BCUT2D eigenvalue weighted by Crippen LogP contribution is 2.48. The molecule has 3 fully saturated rings. The minimum absolute atomic E-state index is 0.368. The molecule has 2 saturated carbocycles. The molecule has 3 rings (SSSR count). The Morgan fingerprint density at radius 1 is 1.25 bits per heavy atom. The summed E-state index contributed by atoms with van der Waals surface area (Å²) in [4.78, 5) is 15.1. The highest BCUT2D eigenvalue weighted by molar-refractivity contribution is 5.79. The van der Waals surface area contributed by atoms with Crippen molar-refractivity contribution in [3.8, 4) is 0 Å². The van der Waals surface area contributed by atoms with Crippen molar-refractivity contribution in [2.75, 3.05) is 19.6 Å². The van der Waals surface area contributed by atoms with E-state index in [1.807, 2.05) is 0 Å². The minimum atomic E-state index is 0.368. The normalized spacial score (nSPS) is 35.6. The van der Waals surface area contributed by atoms with E-state index in [-0.39, 0.29) is 0 Å². The van der Waals surface area contributed by atoms with Crippen molar-refractivity contribution in [2.24, 2.45) is 17.8 Å². The zero-order chi connectivity index (χ0) is 13.9. The molecule has 3 aliphatic rings. The van der Waals surface area contributed by atoms with Crippen LogP contribution < -0.4 is 5.32 Å². The van der Waals surface area contributed by atoms with Crippen LogP contribution in [0, 0.1) is 17.8 Å². The van der Waals surface area contributed by atoms with E-state index in [0.717, 1.165) is 32.0 Å². The standard InChI is InChI=1S/C17H30N2O/c1-2-3-9-19(12-15-5-4-8-18-15)17(20)16-11-13-6-7-14(16)10-13/h13-16,18H,2-12H2,1H3. The molecule has 1 N–H and O–H groups in total. The number of carbonyl (C=O) groups excluding carboxylic acids is 1. The average molecular weight is 278 g/mol. The molecule has 0 aromatic rings. The highest BCUT2D eigenvalue weighted by Gasteiger charge is 2.44. The molecule has 0 spiro atoms. The summed E-state index contributed by atoms with van der Waals surface area (Å²) in [6.07, 6.45) is 10.1. The van der Waals surface area contributed by atoms with E-state index in [4.69, 9.17) is 0 Å². The molecule has 3 heteroatoms. The Bertz CT molecular complexity index is 338. The van der Waals surface area contributed by atoms with E-state index in [9.17, 15) is 4.79 Å². The van der Waals surface area contributed by atoms with Gasteiger partial charge in [-0.25, -0.2) is 0 Å². The second-order valence-electron chi connectivity index (χ2n) is 7.21. The fourth-order valence-electron chi connectivity index (χ4n) is 4.60. The third-order valence-electron chi connectivity index (χ3n) is 5.75. The van der Waals surface area contributed by atoms with Crippen LogP contribution in [0.4, 0.5) is 0 Å². The Labute approximate surface area is 123 Å². The van der Waals surface area contributed by atoms with Gasteiger partial charge in [0.15, 0.2) is 0 Å². The predicted octanol–water partition coefficient (Wildman–Crippen LogP) is 2.80. The Morgan fingerprint density at radius 3 is 2.75 bits per heavy atom. The van der Waals surface area contributed by atoms with Gasteiger partial charge in [0.25, 0.3) is 0 Å². The molecule has 1 aliphatic heterocycles. The number of fused-ring (bicyclic) bond motifs is 2. The molecule has 1 amide bonds. The molecule has 0 radical (unpaired) electrons. The van der Waals surface area contributed by atoms with Gasteiger partial charge in [0.05, 0.1) is 0 Å². The van der Waals surface area contributed by atoms with Crippen molar-refractivity contribution < 1.29 is 4.79 Å². The Balaban J connectivity index is 1.59. The summed E-state index contributed by atoms with van der Waals surface area (Å²) in [6, 6.07) is 0.550. The third kappa shape index (κ3) is 3.03. The maximum atomic E-state index is 12.9. The van der Waals surface area contributed by atoms with Crippen LogP contribution in [0.3, 0.4) is 0 Å². The topological polar surface area (TPSA) is 32.3 Å². The fraction of sp³-hybridized carbons (Fsp3) is 0.941. The van der Waals surface area contributed by atoms with E-state index in [2.05, 4.69) is 17.1 Å². The number of amides is 1. The largest absolute Gasteiger partial charge is 0.341 e. The maximum Gasteiger partial charge on any atom is 0.226 e. The lowest BCUT2D eigenvalue weighted by Gasteiger charge is -2.31. The summed E-state index contributed by atoms with van der Waals surface area (Å²) in [5, 5.41) is 3.55. The van der Waals surface area contributed by atoms with Gasteiger partial charge in [-0.05, 0) is 56.9 Å². The number of unbranched alkanes of at least 4 members (excludes halogenated alkanes) is 1. The number of hydrogen-bond donors (Lipinski definition) is 1. The molecule has 2 aliphatic carbocycles. The summed E-state index contributed by atoms with van der Waals surface area (Å²) < 4.78 is 0. The van der Waals surface area contributed by atoms with Crippen LogP contribution in [-0.4, -0.2) is 36.5 Å². The van der Waals surface area contributed by atoms with Gasteiger partial charge < -0.3 is 10.2 Å². The summed E-state index contributed by atoms with van der Waals surface area (Å²) in [7, 11) is 0. The summed E-state index contributed by atoms with van der Waals surface area (Å²) >= 11 is 0. The molecule has 1 saturated heterocycles. The van der Waals surface area contributed by atoms with Gasteiger partial charge in [0.1, 0.15) is 0 Å². The summed E-state index contributed by atoms with van der Waals surface area (Å²) in [6.45, 7) is 5.27. The van der Waals surface area contributed by atoms with Crippen molar-refractivity contribution >= 4 is 5.91 Å². The van der Waals surface area contributed by atoms with Gasteiger partial charge >= 0.3 is 0 Å². The number of rotatable bonds is 6. The highest BCUT2D eigenvalue weighted by atomic mass is 16.2. The van der Waals surface area contributed by atoms with E-state index in [1.165, 1.54) is 44.9 Å². The maximum absolute atomic E-state index is 12.9. The molecule has 0 aromatic heterocycles. The zero-order valence-corrected chi connectivity index (χ0v) is 12.9. The average Bonchev–Trinajstić information content (AvgIpc) is 3.19. The van der Waals surface area contributed by atoms with Crippen molar-refractivity contribution in [3.05, 3.63) is 0 Å². The van der Waals surface area contributed by atoms with Gasteiger partial charge in [-0.2, -0.15) is 0 Å². The van der Waals surface area contributed by atoms with Gasteiger partial charge in [0, 0.05) is 25.0 Å². The molecular formula is C17H30N2O. The number of hydrogen-bond acceptors (Lipinski definition) is 2. The quantitative estimate of drug-likeness (QED) is 0.810. The molecule has 4 atom stereocenters. The molecule has 0 aromatic carbocycles. The van der Waals surface area contributed by atoms with Crippen LogP contribution in [0.15, 0.2) is 0 Å². The molecule has 114 valence electrons. The fourth-order valence-corrected chi connectivity index (χ4v) is 4.60. The lowest BCUT2D eigenvalue weighted by Crippen LogP contribution is -2.45. The smallest absolute Gasteiger partial charge is 0.226 e. The molecular weight excluding hydrogens is 248 g/mol. The molecule has 4 unspecified atom stereocenters. The van der Waals surface area contributed by atoms with Crippen molar-refractivity contribution in [1.29, 1.82) is 0 Å². The first-order valence-corrected chi connectivity index (χ1v) is 8.80. The van der Waals surface area contributed by atoms with Crippen LogP contribution in [0.5, 0.6) is 0 Å². The second kappa shape index (κ2) is 6.46. The van der Waals surface area contributed by atoms with E-state index < -0.39 is 0 Å². The Morgan fingerprint density at radius 2 is 2.15 bits per heavy atom. The first-order chi connectivity index (χ1) is 9.78. The van der Waals surface area contributed by atoms with Crippen molar-refractivity contribution in [2.45, 2.75) is 64.3 Å². The van der Waals surface area contributed by atoms with Crippen LogP contribution >= 0.6 is 0 Å². The number of nitrogens with zero attached hydrogens (tertiary/aromatic N) is 1. The monoisotopic (exact) mass is 278 g/mol. The predicted molar refractivity (Wildman–Crippen MR) is 81.5 cm³/mol. The van der Waals surface area contributed by atoms with E-state index >= 15 is 0 Å². The molecule has 20 heavy (non-hydrogen) atoms. The van der Waals surface area contributed by atoms with Crippen LogP contribution in [0.1, 0.15) is 58.3 Å². The molecule has 1 heterocycles. The summed E-state index contributed by atoms with van der Waals surface area (Å²) in [5.41, 5.74) is 0. The van der Waals surface area contributed by atoms with Gasteiger partial charge in [-0.3, -0.25) is 4.79 Å². The number of nitrogens with one attached hydrogen (secondary N) is 1. The Hall–Kier alpha value is -0.570. The van der Waals surface area contributed by atoms with Crippen molar-refractivity contribution in [3.63, 3.8) is 0 Å². The molecule has 2 bridgehead atoms. The Kier molecular flexibility index (Phi) is 4.65. The van der Waals surface area contributed by atoms with Gasteiger partial charge in [0.2, 0.25) is 5.91 Å². The van der Waals surface area contributed by atoms with Gasteiger partial charge in [-0.15, -0.1) is 0 Å². The zero-order valence-electron chi connectivity index (χ0n) is 12.9. The van der Waals surface area contributed by atoms with E-state index in [0.29, 0.717) is 23.8 Å². The summed E-state index contributed by atoms with van der Waals surface area (Å²) in [5.74, 6) is 2.44. The van der Waals surface area contributed by atoms with Crippen LogP contribution in [-0.2, 0) is 4.79 Å². The first-order valence-electron chi connectivity index (χ1n) is 8.80. The first kappa shape index (κ1) is 14.4. The van der Waals surface area contributed by atoms with Crippen molar-refractivity contribution in [1.82, 2.24) is 10.2 Å². The lowest BCUT2D eigenvalue weighted by molar-refractivity contribution is -0.137.